The van der Waals surface area contributed by atoms with Gasteiger partial charge in [-0.1, -0.05) is 24.3 Å². The van der Waals surface area contributed by atoms with Crippen molar-refractivity contribution in [3.63, 3.8) is 0 Å². The number of para-hydroxylation sites is 2. The van der Waals surface area contributed by atoms with Crippen LogP contribution in [0.25, 0.3) is 0 Å². The maximum atomic E-state index is 12.3. The Morgan fingerprint density at radius 3 is 2.80 bits per heavy atom. The van der Waals surface area contributed by atoms with E-state index in [-0.39, 0.29) is 25.3 Å². The van der Waals surface area contributed by atoms with E-state index in [9.17, 15) is 14.4 Å². The maximum absolute atomic E-state index is 12.3. The van der Waals surface area contributed by atoms with Crippen LogP contribution in [0.15, 0.2) is 36.4 Å². The molecule has 0 bridgehead atoms. The van der Waals surface area contributed by atoms with Crippen molar-refractivity contribution >= 4 is 23.5 Å². The van der Waals surface area contributed by atoms with Gasteiger partial charge in [0.1, 0.15) is 11.8 Å². The van der Waals surface area contributed by atoms with Crippen molar-refractivity contribution in [3.05, 3.63) is 36.4 Å². The third-order valence-electron chi connectivity index (χ3n) is 3.88. The van der Waals surface area contributed by atoms with E-state index < -0.39 is 24.0 Å². The number of allylic oxidation sites excluding steroid dienone is 1. The SMILES string of the molecule is C/C=C/CC(NC(=O)CCN1C(=O)C(C)Oc2ccccc21)C(=O)O. The first-order chi connectivity index (χ1) is 11.9. The number of nitrogens with zero attached hydrogens (tertiary/aromatic N) is 1. The van der Waals surface area contributed by atoms with Gasteiger partial charge in [-0.2, -0.15) is 0 Å². The maximum Gasteiger partial charge on any atom is 0.326 e. The second-order valence-electron chi connectivity index (χ2n) is 5.73. The van der Waals surface area contributed by atoms with Gasteiger partial charge in [0.25, 0.3) is 5.91 Å². The van der Waals surface area contributed by atoms with Gasteiger partial charge in [0, 0.05) is 13.0 Å². The highest BCUT2D eigenvalue weighted by atomic mass is 16.5. The molecular formula is C18H22N2O5. The predicted molar refractivity (Wildman–Crippen MR) is 92.5 cm³/mol. The zero-order chi connectivity index (χ0) is 18.4. The number of amides is 2. The molecule has 0 aliphatic carbocycles. The van der Waals surface area contributed by atoms with Crippen molar-refractivity contribution in [2.24, 2.45) is 0 Å². The van der Waals surface area contributed by atoms with E-state index in [1.54, 1.807) is 44.2 Å². The Hall–Kier alpha value is -2.83. The van der Waals surface area contributed by atoms with Crippen molar-refractivity contribution in [2.45, 2.75) is 38.8 Å². The van der Waals surface area contributed by atoms with E-state index in [2.05, 4.69) is 5.32 Å². The van der Waals surface area contributed by atoms with Crippen molar-refractivity contribution in [3.8, 4) is 5.75 Å². The summed E-state index contributed by atoms with van der Waals surface area (Å²) >= 11 is 0. The third-order valence-corrected chi connectivity index (χ3v) is 3.88. The minimum absolute atomic E-state index is 0.00636. The van der Waals surface area contributed by atoms with Gasteiger partial charge in [0.05, 0.1) is 5.69 Å². The largest absolute Gasteiger partial charge is 0.480 e. The lowest BCUT2D eigenvalue weighted by Gasteiger charge is -2.32. The summed E-state index contributed by atoms with van der Waals surface area (Å²) in [6.07, 6.45) is 3.01. The lowest BCUT2D eigenvalue weighted by atomic mass is 10.1. The molecule has 0 saturated heterocycles. The van der Waals surface area contributed by atoms with Crippen LogP contribution in [-0.4, -0.2) is 41.6 Å². The lowest BCUT2D eigenvalue weighted by molar-refractivity contribution is -0.141. The molecule has 0 aromatic heterocycles. The average molecular weight is 346 g/mol. The highest BCUT2D eigenvalue weighted by Gasteiger charge is 2.31. The molecule has 0 spiro atoms. The summed E-state index contributed by atoms with van der Waals surface area (Å²) < 4.78 is 5.54. The van der Waals surface area contributed by atoms with E-state index in [0.717, 1.165) is 0 Å². The minimum atomic E-state index is -1.09. The number of carboxylic acid groups (broad SMARTS) is 1. The Morgan fingerprint density at radius 2 is 2.12 bits per heavy atom. The van der Waals surface area contributed by atoms with Gasteiger partial charge in [0.15, 0.2) is 6.10 Å². The van der Waals surface area contributed by atoms with E-state index in [1.165, 1.54) is 4.90 Å². The number of aliphatic carboxylic acids is 1. The van der Waals surface area contributed by atoms with E-state index >= 15 is 0 Å². The summed E-state index contributed by atoms with van der Waals surface area (Å²) in [5.41, 5.74) is 0.613. The lowest BCUT2D eigenvalue weighted by Crippen LogP contribution is -2.47. The molecule has 7 heteroatoms. The zero-order valence-electron chi connectivity index (χ0n) is 14.3. The summed E-state index contributed by atoms with van der Waals surface area (Å²) in [5.74, 6) is -1.14. The number of ether oxygens (including phenoxy) is 1. The number of benzene rings is 1. The molecule has 25 heavy (non-hydrogen) atoms. The van der Waals surface area contributed by atoms with Crippen molar-refractivity contribution in [1.82, 2.24) is 5.32 Å². The second-order valence-corrected chi connectivity index (χ2v) is 5.73. The molecule has 2 atom stereocenters. The standard InChI is InChI=1S/C18H22N2O5/c1-3-4-7-13(18(23)24)19-16(21)10-11-20-14-8-5-6-9-15(14)25-12(2)17(20)22/h3-6,8-9,12-13H,7,10-11H2,1-2H3,(H,19,21)(H,23,24)/b4-3+. The number of carbonyl (C=O) groups is 3. The van der Waals surface area contributed by atoms with Crippen LogP contribution in [0.2, 0.25) is 0 Å². The topological polar surface area (TPSA) is 95.9 Å². The molecule has 1 aliphatic heterocycles. The first-order valence-electron chi connectivity index (χ1n) is 8.14. The van der Waals surface area contributed by atoms with Gasteiger partial charge >= 0.3 is 5.97 Å². The normalized spacial score (nSPS) is 17.8. The predicted octanol–water partition coefficient (Wildman–Crippen LogP) is 1.73. The number of fused-ring (bicyclic) bond motifs is 1. The highest BCUT2D eigenvalue weighted by molar-refractivity contribution is 6.00. The monoisotopic (exact) mass is 346 g/mol. The molecule has 1 heterocycles. The second kappa shape index (κ2) is 8.32. The molecule has 1 aliphatic rings. The van der Waals surface area contributed by atoms with Crippen LogP contribution in [0.1, 0.15) is 26.7 Å². The zero-order valence-corrected chi connectivity index (χ0v) is 14.3. The van der Waals surface area contributed by atoms with Crippen molar-refractivity contribution < 1.29 is 24.2 Å². The van der Waals surface area contributed by atoms with E-state index in [4.69, 9.17) is 9.84 Å². The van der Waals surface area contributed by atoms with Crippen LogP contribution in [0.5, 0.6) is 5.75 Å². The smallest absolute Gasteiger partial charge is 0.326 e. The van der Waals surface area contributed by atoms with Crippen LogP contribution in [0.4, 0.5) is 5.69 Å². The summed E-state index contributed by atoms with van der Waals surface area (Å²) in [7, 11) is 0. The highest BCUT2D eigenvalue weighted by Crippen LogP contribution is 2.33. The van der Waals surface area contributed by atoms with Crippen LogP contribution in [0, 0.1) is 0 Å². The van der Waals surface area contributed by atoms with Crippen LogP contribution < -0.4 is 15.0 Å². The molecule has 1 aromatic carbocycles. The minimum Gasteiger partial charge on any atom is -0.480 e. The molecule has 2 amide bonds. The van der Waals surface area contributed by atoms with Gasteiger partial charge in [-0.25, -0.2) is 4.79 Å². The molecular weight excluding hydrogens is 324 g/mol. The Morgan fingerprint density at radius 1 is 1.40 bits per heavy atom. The molecule has 7 nitrogen and oxygen atoms in total. The number of rotatable bonds is 7. The first kappa shape index (κ1) is 18.5. The number of carboxylic acids is 1. The number of hydrogen-bond donors (Lipinski definition) is 2. The Balaban J connectivity index is 2.01. The fraction of sp³-hybridized carbons (Fsp3) is 0.389. The molecule has 1 aromatic rings. The van der Waals surface area contributed by atoms with Gasteiger partial charge in [0.2, 0.25) is 5.91 Å². The number of carbonyl (C=O) groups excluding carboxylic acids is 2. The molecule has 0 radical (unpaired) electrons. The quantitative estimate of drug-likeness (QED) is 0.733. The van der Waals surface area contributed by atoms with Crippen molar-refractivity contribution in [1.29, 1.82) is 0 Å². The van der Waals surface area contributed by atoms with Crippen LogP contribution >= 0.6 is 0 Å². The first-order valence-corrected chi connectivity index (χ1v) is 8.14. The molecule has 134 valence electrons. The van der Waals surface area contributed by atoms with Crippen LogP contribution in [0.3, 0.4) is 0 Å². The third kappa shape index (κ3) is 4.59. The molecule has 0 saturated carbocycles. The van der Waals surface area contributed by atoms with Crippen LogP contribution in [-0.2, 0) is 14.4 Å². The summed E-state index contributed by atoms with van der Waals surface area (Å²) in [4.78, 5) is 37.1. The average Bonchev–Trinajstić information content (AvgIpc) is 2.58. The van der Waals surface area contributed by atoms with E-state index in [0.29, 0.717) is 11.4 Å². The number of anilines is 1. The Bertz CT molecular complexity index is 686. The summed E-state index contributed by atoms with van der Waals surface area (Å²) in [6, 6.07) is 6.14. The van der Waals surface area contributed by atoms with Crippen molar-refractivity contribution in [2.75, 3.05) is 11.4 Å². The number of hydrogen-bond acceptors (Lipinski definition) is 4. The molecule has 0 fully saturated rings. The van der Waals surface area contributed by atoms with E-state index in [1.807, 2.05) is 6.07 Å². The molecule has 2 N–H and O–H groups in total. The van der Waals surface area contributed by atoms with Gasteiger partial charge < -0.3 is 20.1 Å². The van der Waals surface area contributed by atoms with Gasteiger partial charge in [-0.05, 0) is 32.4 Å². The molecule has 2 unspecified atom stereocenters. The van der Waals surface area contributed by atoms with Gasteiger partial charge in [-0.3, -0.25) is 9.59 Å². The summed E-state index contributed by atoms with van der Waals surface area (Å²) in [5, 5.41) is 11.6. The Labute approximate surface area is 146 Å². The fourth-order valence-corrected chi connectivity index (χ4v) is 2.56. The Kier molecular flexibility index (Phi) is 6.16. The number of nitrogens with one attached hydrogen (secondary N) is 1. The fourth-order valence-electron chi connectivity index (χ4n) is 2.56. The summed E-state index contributed by atoms with van der Waals surface area (Å²) in [6.45, 7) is 3.59. The molecule has 2 rings (SSSR count). The van der Waals surface area contributed by atoms with Gasteiger partial charge in [-0.15, -0.1) is 0 Å².